The number of benzene rings is 2. The van der Waals surface area contributed by atoms with Gasteiger partial charge in [-0.1, -0.05) is 23.7 Å². The molecule has 106 valence electrons. The van der Waals surface area contributed by atoms with E-state index in [0.29, 0.717) is 21.8 Å². The second kappa shape index (κ2) is 6.20. The lowest BCUT2D eigenvalue weighted by Gasteiger charge is -2.19. The van der Waals surface area contributed by atoms with Crippen LogP contribution < -0.4 is 11.1 Å². The highest BCUT2D eigenvalue weighted by molar-refractivity contribution is 6.30. The minimum Gasteiger partial charge on any atom is -0.377 e. The second-order valence-corrected chi connectivity index (χ2v) is 5.04. The average Bonchev–Trinajstić information content (AvgIpc) is 2.38. The molecule has 0 bridgehead atoms. The van der Waals surface area contributed by atoms with Crippen LogP contribution >= 0.6 is 11.6 Å². The van der Waals surface area contributed by atoms with Gasteiger partial charge in [-0.15, -0.1) is 0 Å². The van der Waals surface area contributed by atoms with Crippen molar-refractivity contribution in [2.24, 2.45) is 5.73 Å². The molecule has 1 unspecified atom stereocenters. The number of hydrogen-bond acceptors (Lipinski definition) is 2. The fourth-order valence-corrected chi connectivity index (χ4v) is 2.16. The van der Waals surface area contributed by atoms with Gasteiger partial charge in [0.25, 0.3) is 0 Å². The number of hydrogen-bond donors (Lipinski definition) is 2. The Kier molecular flexibility index (Phi) is 4.57. The Balaban J connectivity index is 2.26. The van der Waals surface area contributed by atoms with E-state index in [1.54, 1.807) is 25.1 Å². The van der Waals surface area contributed by atoms with E-state index < -0.39 is 5.82 Å². The molecule has 2 aromatic carbocycles. The average molecular weight is 297 g/mol. The van der Waals surface area contributed by atoms with Gasteiger partial charge in [-0.05, 0) is 42.3 Å². The summed E-state index contributed by atoms with van der Waals surface area (Å²) in [4.78, 5) is 0. The molecular weight excluding hydrogens is 282 g/mol. The minimum absolute atomic E-state index is 0.247. The second-order valence-electron chi connectivity index (χ2n) is 4.60. The van der Waals surface area contributed by atoms with Crippen LogP contribution in [0, 0.1) is 18.6 Å². The van der Waals surface area contributed by atoms with Crippen LogP contribution in [-0.2, 0) is 0 Å². The van der Waals surface area contributed by atoms with Crippen molar-refractivity contribution in [3.05, 3.63) is 64.2 Å². The molecule has 2 rings (SSSR count). The zero-order chi connectivity index (χ0) is 14.7. The van der Waals surface area contributed by atoms with E-state index in [2.05, 4.69) is 5.32 Å². The SMILES string of the molecule is Cc1ccc(C(CN)Nc2cc(F)cc(Cl)c2)cc1F. The number of nitrogens with one attached hydrogen (secondary N) is 1. The van der Waals surface area contributed by atoms with Crippen LogP contribution in [0.4, 0.5) is 14.5 Å². The first-order chi connectivity index (χ1) is 9.49. The summed E-state index contributed by atoms with van der Waals surface area (Å²) >= 11 is 5.80. The van der Waals surface area contributed by atoms with E-state index in [4.69, 9.17) is 17.3 Å². The van der Waals surface area contributed by atoms with Crippen molar-refractivity contribution in [2.45, 2.75) is 13.0 Å². The van der Waals surface area contributed by atoms with Crippen molar-refractivity contribution in [1.82, 2.24) is 0 Å². The Labute approximate surface area is 121 Å². The van der Waals surface area contributed by atoms with Crippen molar-refractivity contribution in [3.63, 3.8) is 0 Å². The molecule has 0 amide bonds. The van der Waals surface area contributed by atoms with Crippen LogP contribution in [0.25, 0.3) is 0 Å². The normalized spacial score (nSPS) is 12.2. The summed E-state index contributed by atoms with van der Waals surface area (Å²) < 4.78 is 26.9. The summed E-state index contributed by atoms with van der Waals surface area (Å²) in [6.45, 7) is 1.94. The molecule has 0 saturated heterocycles. The largest absolute Gasteiger partial charge is 0.377 e. The van der Waals surface area contributed by atoms with E-state index in [1.807, 2.05) is 0 Å². The maximum absolute atomic E-state index is 13.6. The van der Waals surface area contributed by atoms with Crippen LogP contribution in [0.15, 0.2) is 36.4 Å². The highest BCUT2D eigenvalue weighted by atomic mass is 35.5. The highest BCUT2D eigenvalue weighted by Crippen LogP contribution is 2.24. The Bertz CT molecular complexity index is 597. The predicted octanol–water partition coefficient (Wildman–Crippen LogP) is 4.04. The highest BCUT2D eigenvalue weighted by Gasteiger charge is 2.12. The minimum atomic E-state index is -0.439. The lowest BCUT2D eigenvalue weighted by molar-refractivity contribution is 0.612. The van der Waals surface area contributed by atoms with Gasteiger partial charge in [-0.2, -0.15) is 0 Å². The molecule has 0 aromatic heterocycles. The fourth-order valence-electron chi connectivity index (χ4n) is 1.94. The van der Waals surface area contributed by atoms with Crippen molar-refractivity contribution >= 4 is 17.3 Å². The molecule has 2 aromatic rings. The molecule has 0 aliphatic carbocycles. The number of rotatable bonds is 4. The number of halogens is 3. The van der Waals surface area contributed by atoms with Crippen molar-refractivity contribution in [3.8, 4) is 0 Å². The molecule has 20 heavy (non-hydrogen) atoms. The maximum atomic E-state index is 13.6. The maximum Gasteiger partial charge on any atom is 0.126 e. The lowest BCUT2D eigenvalue weighted by Crippen LogP contribution is -2.20. The molecule has 0 heterocycles. The van der Waals surface area contributed by atoms with E-state index >= 15 is 0 Å². The number of aryl methyl sites for hydroxylation is 1. The van der Waals surface area contributed by atoms with Crippen molar-refractivity contribution in [1.29, 1.82) is 0 Å². The standard InChI is InChI=1S/C15H15ClF2N2/c1-9-2-3-10(4-14(9)18)15(8-19)20-13-6-11(16)5-12(17)7-13/h2-7,15,20H,8,19H2,1H3. The van der Waals surface area contributed by atoms with Crippen LogP contribution in [0.3, 0.4) is 0 Å². The molecule has 1 atom stereocenters. The molecule has 0 aliphatic rings. The molecule has 0 aliphatic heterocycles. The van der Waals surface area contributed by atoms with E-state index in [-0.39, 0.29) is 18.4 Å². The first kappa shape index (κ1) is 14.8. The first-order valence-corrected chi connectivity index (χ1v) is 6.56. The van der Waals surface area contributed by atoms with Gasteiger partial charge in [0.15, 0.2) is 0 Å². The van der Waals surface area contributed by atoms with Crippen molar-refractivity contribution in [2.75, 3.05) is 11.9 Å². The van der Waals surface area contributed by atoms with Crippen LogP contribution in [0.1, 0.15) is 17.2 Å². The van der Waals surface area contributed by atoms with Gasteiger partial charge in [0, 0.05) is 17.3 Å². The zero-order valence-corrected chi connectivity index (χ0v) is 11.7. The summed E-state index contributed by atoms with van der Waals surface area (Å²) in [5.74, 6) is -0.731. The monoisotopic (exact) mass is 296 g/mol. The first-order valence-electron chi connectivity index (χ1n) is 6.18. The van der Waals surface area contributed by atoms with E-state index in [1.165, 1.54) is 18.2 Å². The number of anilines is 1. The predicted molar refractivity (Wildman–Crippen MR) is 78.0 cm³/mol. The Morgan fingerprint density at radius 3 is 2.55 bits per heavy atom. The fraction of sp³-hybridized carbons (Fsp3) is 0.200. The Hall–Kier alpha value is -1.65. The van der Waals surface area contributed by atoms with Gasteiger partial charge in [0.05, 0.1) is 6.04 Å². The van der Waals surface area contributed by atoms with Gasteiger partial charge in [-0.25, -0.2) is 8.78 Å². The van der Waals surface area contributed by atoms with Gasteiger partial charge < -0.3 is 11.1 Å². The van der Waals surface area contributed by atoms with E-state index in [9.17, 15) is 8.78 Å². The van der Waals surface area contributed by atoms with Gasteiger partial charge in [-0.3, -0.25) is 0 Å². The van der Waals surface area contributed by atoms with Crippen LogP contribution in [-0.4, -0.2) is 6.54 Å². The quantitative estimate of drug-likeness (QED) is 0.893. The molecule has 3 N–H and O–H groups in total. The zero-order valence-electron chi connectivity index (χ0n) is 11.0. The Morgan fingerprint density at radius 1 is 1.20 bits per heavy atom. The van der Waals surface area contributed by atoms with Crippen molar-refractivity contribution < 1.29 is 8.78 Å². The number of nitrogens with two attached hydrogens (primary N) is 1. The summed E-state index contributed by atoms with van der Waals surface area (Å²) in [7, 11) is 0. The summed E-state index contributed by atoms with van der Waals surface area (Å²) in [5, 5.41) is 3.35. The van der Waals surface area contributed by atoms with Gasteiger partial charge in [0.1, 0.15) is 11.6 Å². The topological polar surface area (TPSA) is 38.0 Å². The molecule has 0 radical (unpaired) electrons. The van der Waals surface area contributed by atoms with Crippen LogP contribution in [0.5, 0.6) is 0 Å². The smallest absolute Gasteiger partial charge is 0.126 e. The Morgan fingerprint density at radius 2 is 1.95 bits per heavy atom. The molecule has 2 nitrogen and oxygen atoms in total. The third-order valence-electron chi connectivity index (χ3n) is 3.04. The lowest BCUT2D eigenvalue weighted by atomic mass is 10.0. The third kappa shape index (κ3) is 3.46. The molecule has 5 heteroatoms. The van der Waals surface area contributed by atoms with Gasteiger partial charge in [0.2, 0.25) is 0 Å². The van der Waals surface area contributed by atoms with Crippen LogP contribution in [0.2, 0.25) is 5.02 Å². The summed E-state index contributed by atoms with van der Waals surface area (Å²) in [6, 6.07) is 8.73. The van der Waals surface area contributed by atoms with E-state index in [0.717, 1.165) is 0 Å². The summed E-state index contributed by atoms with van der Waals surface area (Å²) in [6.07, 6.45) is 0. The van der Waals surface area contributed by atoms with Gasteiger partial charge >= 0.3 is 0 Å². The molecular formula is C15H15ClF2N2. The third-order valence-corrected chi connectivity index (χ3v) is 3.26. The molecule has 0 spiro atoms. The summed E-state index contributed by atoms with van der Waals surface area (Å²) in [5.41, 5.74) is 7.48. The molecule has 0 fully saturated rings. The molecule has 0 saturated carbocycles.